The van der Waals surface area contributed by atoms with Crippen LogP contribution in [0.5, 0.6) is 0 Å². The van der Waals surface area contributed by atoms with Crippen molar-refractivity contribution >= 4 is 22.9 Å². The predicted octanol–water partition coefficient (Wildman–Crippen LogP) is 4.03. The van der Waals surface area contributed by atoms with Gasteiger partial charge in [-0.2, -0.15) is 5.26 Å². The van der Waals surface area contributed by atoms with Crippen LogP contribution in [-0.4, -0.2) is 29.7 Å². The number of hydrogen-bond acceptors (Lipinski definition) is 3. The van der Waals surface area contributed by atoms with Gasteiger partial charge < -0.3 is 14.6 Å². The Hall–Kier alpha value is -3.43. The Morgan fingerprint density at radius 1 is 1.27 bits per heavy atom. The molecule has 30 heavy (non-hydrogen) atoms. The minimum absolute atomic E-state index is 0.0107. The first-order chi connectivity index (χ1) is 14.7. The zero-order valence-corrected chi connectivity index (χ0v) is 16.5. The van der Waals surface area contributed by atoms with Gasteiger partial charge in [0.2, 0.25) is 0 Å². The summed E-state index contributed by atoms with van der Waals surface area (Å²) in [5, 5.41) is 13.2. The average Bonchev–Trinajstić information content (AvgIpc) is 3.40. The first-order valence-electron chi connectivity index (χ1n) is 9.98. The van der Waals surface area contributed by atoms with E-state index in [9.17, 15) is 14.4 Å². The third-order valence-corrected chi connectivity index (χ3v) is 5.30. The lowest BCUT2D eigenvalue weighted by atomic mass is 10.1. The molecule has 0 saturated carbocycles. The number of aromatic nitrogens is 1. The molecular weight excluding hydrogens is 381 g/mol. The molecule has 1 aliphatic rings. The monoisotopic (exact) mass is 403 g/mol. The van der Waals surface area contributed by atoms with E-state index in [1.807, 2.05) is 41.1 Å². The van der Waals surface area contributed by atoms with Crippen molar-refractivity contribution in [2.24, 2.45) is 0 Å². The molecule has 1 N–H and O–H groups in total. The van der Waals surface area contributed by atoms with Crippen LogP contribution in [0.1, 0.15) is 24.0 Å². The molecule has 2 aromatic carbocycles. The summed E-state index contributed by atoms with van der Waals surface area (Å²) in [5.41, 5.74) is 2.25. The van der Waals surface area contributed by atoms with Gasteiger partial charge in [0.25, 0.3) is 5.91 Å². The second kappa shape index (κ2) is 8.93. The van der Waals surface area contributed by atoms with Crippen molar-refractivity contribution in [2.75, 3.05) is 13.2 Å². The standard InChI is InChI=1S/C24H22FN3O2/c25-22-9-3-1-6-17(22)15-28-16-19(21-8-2-4-10-23(21)28)12-18(13-26)24(29)27-14-20-7-5-11-30-20/h1-4,6,8-10,12,16,20H,5,7,11,14-15H2,(H,27,29)/b18-12+/t20-/m1/s1. The summed E-state index contributed by atoms with van der Waals surface area (Å²) in [6.07, 6.45) is 5.35. The lowest BCUT2D eigenvalue weighted by Gasteiger charge is -2.10. The van der Waals surface area contributed by atoms with Gasteiger partial charge in [-0.05, 0) is 31.1 Å². The predicted molar refractivity (Wildman–Crippen MR) is 113 cm³/mol. The Labute approximate surface area is 174 Å². The fourth-order valence-corrected chi connectivity index (χ4v) is 3.74. The Morgan fingerprint density at radius 2 is 2.07 bits per heavy atom. The van der Waals surface area contributed by atoms with Crippen LogP contribution in [-0.2, 0) is 16.1 Å². The summed E-state index contributed by atoms with van der Waals surface area (Å²) in [4.78, 5) is 12.5. The molecule has 1 fully saturated rings. The smallest absolute Gasteiger partial charge is 0.262 e. The van der Waals surface area contributed by atoms with Crippen LogP contribution in [0.2, 0.25) is 0 Å². The number of ether oxygens (including phenoxy) is 1. The number of halogens is 1. The maximum Gasteiger partial charge on any atom is 0.262 e. The van der Waals surface area contributed by atoms with Crippen LogP contribution in [0.3, 0.4) is 0 Å². The number of rotatable bonds is 6. The number of amides is 1. The molecule has 4 rings (SSSR count). The Kier molecular flexibility index (Phi) is 5.92. The number of nitrogens with zero attached hydrogens (tertiary/aromatic N) is 2. The van der Waals surface area contributed by atoms with E-state index >= 15 is 0 Å². The molecule has 3 aromatic rings. The highest BCUT2D eigenvalue weighted by Crippen LogP contribution is 2.25. The van der Waals surface area contributed by atoms with Crippen molar-refractivity contribution in [2.45, 2.75) is 25.5 Å². The zero-order valence-electron chi connectivity index (χ0n) is 16.5. The molecule has 1 saturated heterocycles. The van der Waals surface area contributed by atoms with Gasteiger partial charge in [0, 0.05) is 41.4 Å². The first-order valence-corrected chi connectivity index (χ1v) is 9.98. The topological polar surface area (TPSA) is 67.0 Å². The van der Waals surface area contributed by atoms with Crippen LogP contribution in [0.25, 0.3) is 17.0 Å². The molecule has 0 bridgehead atoms. The molecule has 0 aliphatic carbocycles. The van der Waals surface area contributed by atoms with Crippen LogP contribution in [0, 0.1) is 17.1 Å². The highest BCUT2D eigenvalue weighted by Gasteiger charge is 2.18. The number of benzene rings is 2. The minimum atomic E-state index is -0.418. The fraction of sp³-hybridized carbons (Fsp3) is 0.250. The van der Waals surface area contributed by atoms with E-state index in [4.69, 9.17) is 4.74 Å². The summed E-state index contributed by atoms with van der Waals surface area (Å²) in [6.45, 7) is 1.46. The average molecular weight is 403 g/mol. The summed E-state index contributed by atoms with van der Waals surface area (Å²) in [5.74, 6) is -0.683. The van der Waals surface area contributed by atoms with Crippen LogP contribution >= 0.6 is 0 Å². The summed E-state index contributed by atoms with van der Waals surface area (Å²) < 4.78 is 21.6. The van der Waals surface area contributed by atoms with Gasteiger partial charge in [0.1, 0.15) is 17.5 Å². The second-order valence-electron chi connectivity index (χ2n) is 7.34. The van der Waals surface area contributed by atoms with E-state index in [1.165, 1.54) is 6.07 Å². The summed E-state index contributed by atoms with van der Waals surface area (Å²) in [7, 11) is 0. The molecule has 1 aromatic heterocycles. The van der Waals surface area contributed by atoms with E-state index < -0.39 is 5.91 Å². The van der Waals surface area contributed by atoms with E-state index in [0.717, 1.165) is 29.3 Å². The lowest BCUT2D eigenvalue weighted by molar-refractivity contribution is -0.117. The number of para-hydroxylation sites is 1. The molecule has 0 radical (unpaired) electrons. The molecule has 0 unspecified atom stereocenters. The molecule has 0 spiro atoms. The van der Waals surface area contributed by atoms with Gasteiger partial charge >= 0.3 is 0 Å². The number of nitriles is 1. The summed E-state index contributed by atoms with van der Waals surface area (Å²) in [6, 6.07) is 16.3. The fourth-order valence-electron chi connectivity index (χ4n) is 3.74. The number of carbonyl (C=O) groups is 1. The number of hydrogen-bond donors (Lipinski definition) is 1. The molecule has 2 heterocycles. The Balaban J connectivity index is 1.62. The molecule has 5 nitrogen and oxygen atoms in total. The summed E-state index contributed by atoms with van der Waals surface area (Å²) >= 11 is 0. The maximum absolute atomic E-state index is 14.1. The molecule has 1 aliphatic heterocycles. The van der Waals surface area contributed by atoms with Gasteiger partial charge in [-0.3, -0.25) is 4.79 Å². The van der Waals surface area contributed by atoms with E-state index in [0.29, 0.717) is 25.3 Å². The van der Waals surface area contributed by atoms with Gasteiger partial charge in [-0.25, -0.2) is 4.39 Å². The third-order valence-electron chi connectivity index (χ3n) is 5.30. The second-order valence-corrected chi connectivity index (χ2v) is 7.34. The molecule has 6 heteroatoms. The van der Waals surface area contributed by atoms with Crippen molar-refractivity contribution in [3.05, 3.63) is 77.2 Å². The molecule has 152 valence electrons. The lowest BCUT2D eigenvalue weighted by Crippen LogP contribution is -2.32. The van der Waals surface area contributed by atoms with E-state index in [2.05, 4.69) is 5.32 Å². The Bertz CT molecular complexity index is 1140. The van der Waals surface area contributed by atoms with Crippen molar-refractivity contribution in [3.8, 4) is 6.07 Å². The number of nitrogens with one attached hydrogen (secondary N) is 1. The number of carbonyl (C=O) groups excluding carboxylic acids is 1. The highest BCUT2D eigenvalue weighted by atomic mass is 19.1. The van der Waals surface area contributed by atoms with Crippen molar-refractivity contribution < 1.29 is 13.9 Å². The minimum Gasteiger partial charge on any atom is -0.376 e. The third kappa shape index (κ3) is 4.27. The number of fused-ring (bicyclic) bond motifs is 1. The van der Waals surface area contributed by atoms with Crippen LogP contribution in [0.15, 0.2) is 60.3 Å². The van der Waals surface area contributed by atoms with Gasteiger partial charge in [0.05, 0.1) is 12.6 Å². The van der Waals surface area contributed by atoms with Crippen LogP contribution in [0.4, 0.5) is 4.39 Å². The van der Waals surface area contributed by atoms with Crippen LogP contribution < -0.4 is 5.32 Å². The van der Waals surface area contributed by atoms with Gasteiger partial charge in [-0.15, -0.1) is 0 Å². The van der Waals surface area contributed by atoms with E-state index in [1.54, 1.807) is 24.3 Å². The zero-order chi connectivity index (χ0) is 20.9. The largest absolute Gasteiger partial charge is 0.376 e. The van der Waals surface area contributed by atoms with Gasteiger partial charge in [-0.1, -0.05) is 36.4 Å². The highest BCUT2D eigenvalue weighted by molar-refractivity contribution is 6.04. The first kappa shape index (κ1) is 19.9. The van der Waals surface area contributed by atoms with Crippen molar-refractivity contribution in [1.82, 2.24) is 9.88 Å². The quantitative estimate of drug-likeness (QED) is 0.499. The SMILES string of the molecule is N#C/C(=C\c1cn(Cc2ccccc2F)c2ccccc12)C(=O)NC[C@H]1CCCO1. The molecular formula is C24H22FN3O2. The normalized spacial score (nSPS) is 16.5. The Morgan fingerprint density at radius 3 is 2.83 bits per heavy atom. The molecule has 1 amide bonds. The van der Waals surface area contributed by atoms with E-state index in [-0.39, 0.29) is 17.5 Å². The van der Waals surface area contributed by atoms with Gasteiger partial charge in [0.15, 0.2) is 0 Å². The molecule has 1 atom stereocenters. The van der Waals surface area contributed by atoms with Crippen molar-refractivity contribution in [1.29, 1.82) is 5.26 Å². The maximum atomic E-state index is 14.1. The van der Waals surface area contributed by atoms with Crippen molar-refractivity contribution in [3.63, 3.8) is 0 Å².